The zero-order chi connectivity index (χ0) is 14.7. The number of ether oxygens (including phenoxy) is 2. The van der Waals surface area contributed by atoms with Crippen molar-refractivity contribution >= 4 is 22.4 Å². The van der Waals surface area contributed by atoms with Crippen LogP contribution in [0.2, 0.25) is 5.02 Å². The lowest BCUT2D eigenvalue weighted by Gasteiger charge is -2.14. The molecule has 0 aliphatic carbocycles. The van der Waals surface area contributed by atoms with Gasteiger partial charge in [-0.15, -0.1) is 0 Å². The van der Waals surface area contributed by atoms with Gasteiger partial charge in [-0.1, -0.05) is 66.2 Å². The number of benzene rings is 3. The number of halogens is 1. The fourth-order valence-corrected chi connectivity index (χ4v) is 2.60. The molecular formula is C18H15ClO2. The van der Waals surface area contributed by atoms with Crippen LogP contribution in [0.25, 0.3) is 10.8 Å². The summed E-state index contributed by atoms with van der Waals surface area (Å²) in [5, 5.41) is 2.58. The van der Waals surface area contributed by atoms with Gasteiger partial charge < -0.3 is 9.47 Å². The second kappa shape index (κ2) is 6.06. The standard InChI is InChI=1S/C18H15ClO2/c1-20-16-11-14-9-5-6-10-15(14)17(19)18(16)21-12-13-7-3-2-4-8-13/h2-11H,12H2,1H3. The van der Waals surface area contributed by atoms with E-state index in [9.17, 15) is 0 Å². The summed E-state index contributed by atoms with van der Waals surface area (Å²) in [4.78, 5) is 0. The Hall–Kier alpha value is -2.19. The topological polar surface area (TPSA) is 18.5 Å². The minimum Gasteiger partial charge on any atom is -0.493 e. The van der Waals surface area contributed by atoms with Gasteiger partial charge in [0.2, 0.25) is 0 Å². The van der Waals surface area contributed by atoms with Crippen molar-refractivity contribution in [3.8, 4) is 11.5 Å². The second-order valence-electron chi connectivity index (χ2n) is 4.72. The number of hydrogen-bond acceptors (Lipinski definition) is 2. The van der Waals surface area contributed by atoms with Gasteiger partial charge in [-0.2, -0.15) is 0 Å². The first-order valence-corrected chi connectivity index (χ1v) is 7.09. The molecule has 21 heavy (non-hydrogen) atoms. The monoisotopic (exact) mass is 298 g/mol. The van der Waals surface area contributed by atoms with Gasteiger partial charge in [0.15, 0.2) is 11.5 Å². The minimum atomic E-state index is 0.454. The molecule has 3 aromatic carbocycles. The normalized spacial score (nSPS) is 10.6. The third kappa shape index (κ3) is 2.81. The Bertz CT molecular complexity index is 754. The molecule has 0 N–H and O–H groups in total. The molecule has 0 amide bonds. The summed E-state index contributed by atoms with van der Waals surface area (Å²) in [5.41, 5.74) is 1.09. The molecule has 0 radical (unpaired) electrons. The van der Waals surface area contributed by atoms with Crippen molar-refractivity contribution in [3.63, 3.8) is 0 Å². The maximum Gasteiger partial charge on any atom is 0.180 e. The molecule has 106 valence electrons. The third-order valence-electron chi connectivity index (χ3n) is 3.35. The summed E-state index contributed by atoms with van der Waals surface area (Å²) in [6.45, 7) is 0.454. The van der Waals surface area contributed by atoms with Crippen molar-refractivity contribution in [1.29, 1.82) is 0 Å². The highest BCUT2D eigenvalue weighted by molar-refractivity contribution is 6.37. The molecule has 0 spiro atoms. The summed E-state index contributed by atoms with van der Waals surface area (Å²) in [6, 6.07) is 19.8. The Balaban J connectivity index is 1.98. The van der Waals surface area contributed by atoms with Gasteiger partial charge in [0.1, 0.15) is 6.61 Å². The van der Waals surface area contributed by atoms with Crippen LogP contribution in [0.5, 0.6) is 11.5 Å². The molecule has 0 aliphatic rings. The fourth-order valence-electron chi connectivity index (χ4n) is 2.28. The molecule has 0 atom stereocenters. The van der Waals surface area contributed by atoms with Crippen LogP contribution >= 0.6 is 11.6 Å². The van der Waals surface area contributed by atoms with Crippen LogP contribution in [-0.4, -0.2) is 7.11 Å². The Labute approximate surface area is 128 Å². The van der Waals surface area contributed by atoms with Crippen molar-refractivity contribution in [2.24, 2.45) is 0 Å². The molecule has 0 fully saturated rings. The summed E-state index contributed by atoms with van der Waals surface area (Å²) in [6.07, 6.45) is 0. The molecule has 0 unspecified atom stereocenters. The predicted octanol–water partition coefficient (Wildman–Crippen LogP) is 5.08. The fraction of sp³-hybridized carbons (Fsp3) is 0.111. The van der Waals surface area contributed by atoms with Crippen molar-refractivity contribution in [2.45, 2.75) is 6.61 Å². The average Bonchev–Trinajstić information content (AvgIpc) is 2.55. The minimum absolute atomic E-state index is 0.454. The third-order valence-corrected chi connectivity index (χ3v) is 3.73. The van der Waals surface area contributed by atoms with Gasteiger partial charge in [-0.3, -0.25) is 0 Å². The SMILES string of the molecule is COc1cc2ccccc2c(Cl)c1OCc1ccccc1. The average molecular weight is 299 g/mol. The molecule has 0 aliphatic heterocycles. The summed E-state index contributed by atoms with van der Waals surface area (Å²) in [5.74, 6) is 1.23. The summed E-state index contributed by atoms with van der Waals surface area (Å²) >= 11 is 6.49. The van der Waals surface area contributed by atoms with Gasteiger partial charge >= 0.3 is 0 Å². The van der Waals surface area contributed by atoms with E-state index in [1.807, 2.05) is 60.7 Å². The smallest absolute Gasteiger partial charge is 0.180 e. The van der Waals surface area contributed by atoms with E-state index in [4.69, 9.17) is 21.1 Å². The van der Waals surface area contributed by atoms with Gasteiger partial charge in [0.25, 0.3) is 0 Å². The summed E-state index contributed by atoms with van der Waals surface area (Å²) < 4.78 is 11.3. The van der Waals surface area contributed by atoms with Crippen molar-refractivity contribution in [1.82, 2.24) is 0 Å². The van der Waals surface area contributed by atoms with Crippen molar-refractivity contribution in [2.75, 3.05) is 7.11 Å². The van der Waals surface area contributed by atoms with Gasteiger partial charge in [-0.05, 0) is 17.0 Å². The highest BCUT2D eigenvalue weighted by atomic mass is 35.5. The quantitative estimate of drug-likeness (QED) is 0.668. The van der Waals surface area contributed by atoms with E-state index in [1.54, 1.807) is 7.11 Å². The molecule has 3 heteroatoms. The van der Waals surface area contributed by atoms with Crippen LogP contribution in [0, 0.1) is 0 Å². The van der Waals surface area contributed by atoms with E-state index < -0.39 is 0 Å². The maximum absolute atomic E-state index is 6.49. The largest absolute Gasteiger partial charge is 0.493 e. The molecule has 0 heterocycles. The highest BCUT2D eigenvalue weighted by Crippen LogP contribution is 2.41. The molecule has 0 aromatic heterocycles. The first kappa shape index (κ1) is 13.8. The highest BCUT2D eigenvalue weighted by Gasteiger charge is 2.14. The lowest BCUT2D eigenvalue weighted by atomic mass is 10.1. The number of methoxy groups -OCH3 is 1. The molecule has 0 saturated carbocycles. The van der Waals surface area contributed by atoms with Crippen LogP contribution < -0.4 is 9.47 Å². The predicted molar refractivity (Wildman–Crippen MR) is 86.3 cm³/mol. The van der Waals surface area contributed by atoms with Gasteiger partial charge in [0.05, 0.1) is 12.1 Å². The Morgan fingerprint density at radius 3 is 2.43 bits per heavy atom. The first-order chi connectivity index (χ1) is 10.3. The zero-order valence-corrected chi connectivity index (χ0v) is 12.4. The van der Waals surface area contributed by atoms with E-state index in [0.29, 0.717) is 23.1 Å². The Morgan fingerprint density at radius 1 is 0.952 bits per heavy atom. The number of hydrogen-bond donors (Lipinski definition) is 0. The van der Waals surface area contributed by atoms with Crippen LogP contribution in [0.15, 0.2) is 60.7 Å². The van der Waals surface area contributed by atoms with E-state index in [2.05, 4.69) is 0 Å². The van der Waals surface area contributed by atoms with E-state index in [1.165, 1.54) is 0 Å². The van der Waals surface area contributed by atoms with E-state index in [-0.39, 0.29) is 0 Å². The molecular weight excluding hydrogens is 284 g/mol. The van der Waals surface area contributed by atoms with E-state index in [0.717, 1.165) is 16.3 Å². The summed E-state index contributed by atoms with van der Waals surface area (Å²) in [7, 11) is 1.62. The Kier molecular flexibility index (Phi) is 3.98. The van der Waals surface area contributed by atoms with Crippen molar-refractivity contribution in [3.05, 3.63) is 71.2 Å². The van der Waals surface area contributed by atoms with Crippen LogP contribution in [0.4, 0.5) is 0 Å². The van der Waals surface area contributed by atoms with Crippen LogP contribution in [0.1, 0.15) is 5.56 Å². The van der Waals surface area contributed by atoms with Gasteiger partial charge in [-0.25, -0.2) is 0 Å². The molecule has 2 nitrogen and oxygen atoms in total. The molecule has 3 aromatic rings. The first-order valence-electron chi connectivity index (χ1n) is 6.71. The zero-order valence-electron chi connectivity index (χ0n) is 11.7. The second-order valence-corrected chi connectivity index (χ2v) is 5.10. The number of rotatable bonds is 4. The van der Waals surface area contributed by atoms with Gasteiger partial charge in [0, 0.05) is 5.39 Å². The van der Waals surface area contributed by atoms with Crippen molar-refractivity contribution < 1.29 is 9.47 Å². The number of fused-ring (bicyclic) bond motifs is 1. The van der Waals surface area contributed by atoms with Crippen LogP contribution in [-0.2, 0) is 6.61 Å². The Morgan fingerprint density at radius 2 is 1.67 bits per heavy atom. The molecule has 3 rings (SSSR count). The maximum atomic E-state index is 6.49. The molecule has 0 saturated heterocycles. The van der Waals surface area contributed by atoms with Crippen LogP contribution in [0.3, 0.4) is 0 Å². The van der Waals surface area contributed by atoms with E-state index >= 15 is 0 Å². The lowest BCUT2D eigenvalue weighted by molar-refractivity contribution is 0.285. The molecule has 0 bridgehead atoms. The lowest BCUT2D eigenvalue weighted by Crippen LogP contribution is -1.98.